The zero-order chi connectivity index (χ0) is 74.5. The fraction of sp³-hybridized carbons (Fsp3) is 0.191. The van der Waals surface area contributed by atoms with Crippen molar-refractivity contribution in [2.75, 3.05) is 0 Å². The number of rotatable bonds is 10. The van der Waals surface area contributed by atoms with Gasteiger partial charge < -0.3 is 37.1 Å². The van der Waals surface area contributed by atoms with Crippen molar-refractivity contribution in [3.63, 3.8) is 0 Å². The van der Waals surface area contributed by atoms with Gasteiger partial charge in [-0.15, -0.1) is 11.3 Å². The van der Waals surface area contributed by atoms with Crippen molar-refractivity contribution >= 4 is 113 Å². The van der Waals surface area contributed by atoms with Crippen LogP contribution in [-0.2, 0) is 27.9 Å². The van der Waals surface area contributed by atoms with Crippen LogP contribution in [0, 0.1) is 0 Å². The maximum Gasteiger partial charge on any atom is 0.494 e. The van der Waals surface area contributed by atoms with E-state index in [2.05, 4.69) is 371 Å². The third kappa shape index (κ3) is 12.9. The summed E-state index contributed by atoms with van der Waals surface area (Å²) in [6, 6.07) is 105. The first-order chi connectivity index (χ1) is 52.0. The highest BCUT2D eigenvalue weighted by atomic mass is 32.1. The SMILES string of the molecule is CC1(C)OB(c2ccc(-n3c4ccccc4c4ccccc43)cc2)OC1(C)C.CC1(C)OB(c2cccc(-c3cccc(-c4ccc5c(c4)c4ccccc4n5-c4ccccc4)c3)c2)OC1(C)C.CC1(C)OB(c2cccc(-c3cccc(-c4nc(-c5ccccc5)nc5c4sc4ccccc45)c3)c2)OC1(C)C. The van der Waals surface area contributed by atoms with Crippen molar-refractivity contribution in [3.8, 4) is 67.4 Å². The Balaban J connectivity index is 0.000000121. The van der Waals surface area contributed by atoms with E-state index in [0.717, 1.165) is 77.0 Å². The fourth-order valence-electron chi connectivity index (χ4n) is 14.9. The maximum absolute atomic E-state index is 6.33. The van der Waals surface area contributed by atoms with Gasteiger partial charge in [0.15, 0.2) is 5.82 Å². The van der Waals surface area contributed by atoms with E-state index in [-0.39, 0.29) is 47.8 Å². The van der Waals surface area contributed by atoms with Gasteiger partial charge in [0, 0.05) is 54.1 Å². The lowest BCUT2D eigenvalue weighted by molar-refractivity contribution is 0.00578. The molecule has 7 heterocycles. The minimum Gasteiger partial charge on any atom is -0.399 e. The van der Waals surface area contributed by atoms with Crippen molar-refractivity contribution in [1.29, 1.82) is 0 Å². The zero-order valence-electron chi connectivity index (χ0n) is 63.2. The highest BCUT2D eigenvalue weighted by molar-refractivity contribution is 7.26. The number of benzene rings is 12. The van der Waals surface area contributed by atoms with Crippen LogP contribution >= 0.6 is 11.3 Å². The number of aromatic nitrogens is 4. The Hall–Kier alpha value is -10.5. The molecule has 0 atom stereocenters. The first-order valence-electron chi connectivity index (χ1n) is 37.4. The quantitative estimate of drug-likeness (QED) is 0.125. The molecule has 16 aromatic rings. The number of fused-ring (bicyclic) bond motifs is 9. The minimum absolute atomic E-state index is 0.330. The summed E-state index contributed by atoms with van der Waals surface area (Å²) in [6.07, 6.45) is 0. The lowest BCUT2D eigenvalue weighted by Crippen LogP contribution is -2.41. The molecule has 3 saturated heterocycles. The fourth-order valence-corrected chi connectivity index (χ4v) is 16.0. The number of hydrogen-bond donors (Lipinski definition) is 0. The first kappa shape index (κ1) is 70.5. The molecule has 3 fully saturated rings. The van der Waals surface area contributed by atoms with Gasteiger partial charge in [-0.1, -0.05) is 224 Å². The molecule has 14 heteroatoms. The Morgan fingerprint density at radius 1 is 0.269 bits per heavy atom. The summed E-state index contributed by atoms with van der Waals surface area (Å²) in [6.45, 7) is 25.0. The Morgan fingerprint density at radius 2 is 0.620 bits per heavy atom. The molecule has 3 aliphatic rings. The summed E-state index contributed by atoms with van der Waals surface area (Å²) in [5.41, 5.74) is 19.1. The molecular formula is C94H85B3N4O6S. The Bertz CT molecular complexity index is 5980. The number of thiophene rings is 1. The Labute approximate surface area is 637 Å². The monoisotopic (exact) mass is 1430 g/mol. The number of nitrogens with zero attached hydrogens (tertiary/aromatic N) is 4. The maximum atomic E-state index is 6.33. The van der Waals surface area contributed by atoms with Gasteiger partial charge in [-0.05, 0) is 206 Å². The topological polar surface area (TPSA) is 91.0 Å². The molecule has 108 heavy (non-hydrogen) atoms. The lowest BCUT2D eigenvalue weighted by Gasteiger charge is -2.32. The van der Waals surface area contributed by atoms with E-state index >= 15 is 0 Å². The van der Waals surface area contributed by atoms with Crippen LogP contribution in [0.2, 0.25) is 0 Å². The van der Waals surface area contributed by atoms with E-state index in [4.69, 9.17) is 37.9 Å². The van der Waals surface area contributed by atoms with Crippen LogP contribution in [-0.4, -0.2) is 74.1 Å². The van der Waals surface area contributed by atoms with Crippen molar-refractivity contribution in [2.24, 2.45) is 0 Å². The van der Waals surface area contributed by atoms with Gasteiger partial charge in [0.25, 0.3) is 0 Å². The van der Waals surface area contributed by atoms with E-state index in [9.17, 15) is 0 Å². The Morgan fingerprint density at radius 3 is 1.11 bits per heavy atom. The van der Waals surface area contributed by atoms with Gasteiger partial charge in [-0.2, -0.15) is 0 Å². The minimum atomic E-state index is -0.401. The number of hydrogen-bond acceptors (Lipinski definition) is 9. The standard InChI is InChI=1S/C36H32BNO2.C34H29BN2O2S.C24H24BNO2/c1-35(2)36(3,4)40-37(39-35)29-15-11-14-27(23-29)25-12-10-13-26(22-25)28-20-21-34-32(24-28)31-18-8-9-19-33(31)38(34)30-16-6-5-7-17-30;1-33(2)34(3,4)39-35(38-33)26-17-11-15-24(21-26)23-14-10-16-25(20-23)29-31-30(27-18-8-9-19-28(27)40-31)37-32(36-29)22-12-6-5-7-13-22;1-23(2)24(3,4)28-25(27-23)17-13-15-18(16-14-17)26-21-11-7-5-9-19(21)20-10-6-8-12-22(20)26/h5-24H,1-4H3;5-21H,1-4H3;5-16H,1-4H3. The van der Waals surface area contributed by atoms with Crippen LogP contribution in [0.25, 0.3) is 131 Å². The van der Waals surface area contributed by atoms with Gasteiger partial charge in [0.1, 0.15) is 0 Å². The van der Waals surface area contributed by atoms with Crippen molar-refractivity contribution in [2.45, 2.75) is 117 Å². The van der Waals surface area contributed by atoms with Crippen LogP contribution in [0.4, 0.5) is 0 Å². The predicted molar refractivity (Wildman–Crippen MR) is 451 cm³/mol. The molecule has 19 rings (SSSR count). The van der Waals surface area contributed by atoms with Gasteiger partial charge in [0.05, 0.1) is 71.6 Å². The van der Waals surface area contributed by atoms with Crippen LogP contribution < -0.4 is 16.4 Å². The number of para-hydroxylation sites is 4. The third-order valence-electron chi connectivity index (χ3n) is 23.0. The first-order valence-corrected chi connectivity index (χ1v) is 38.2. The molecule has 0 radical (unpaired) electrons. The molecule has 0 N–H and O–H groups in total. The average molecular weight is 1430 g/mol. The van der Waals surface area contributed by atoms with Crippen LogP contribution in [0.15, 0.2) is 297 Å². The van der Waals surface area contributed by atoms with Crippen LogP contribution in [0.3, 0.4) is 0 Å². The summed E-state index contributed by atoms with van der Waals surface area (Å²) in [4.78, 5) is 10.2. The molecule has 0 bridgehead atoms. The summed E-state index contributed by atoms with van der Waals surface area (Å²) in [5, 5.41) is 6.22. The Kier molecular flexibility index (Phi) is 17.8. The van der Waals surface area contributed by atoms with E-state index in [0.29, 0.717) is 0 Å². The van der Waals surface area contributed by atoms with Crippen molar-refractivity contribution < 1.29 is 27.9 Å². The third-order valence-corrected chi connectivity index (χ3v) is 24.2. The van der Waals surface area contributed by atoms with Crippen LogP contribution in [0.5, 0.6) is 0 Å². The molecular weight excluding hydrogens is 1350 g/mol. The van der Waals surface area contributed by atoms with Crippen molar-refractivity contribution in [1.82, 2.24) is 19.1 Å². The lowest BCUT2D eigenvalue weighted by atomic mass is 9.78. The summed E-state index contributed by atoms with van der Waals surface area (Å²) in [7, 11) is -1.11. The molecule has 0 aliphatic carbocycles. The molecule has 4 aromatic heterocycles. The molecule has 0 spiro atoms. The molecule has 532 valence electrons. The summed E-state index contributed by atoms with van der Waals surface area (Å²) >= 11 is 1.75. The van der Waals surface area contributed by atoms with E-state index < -0.39 is 7.12 Å². The molecule has 3 aliphatic heterocycles. The molecule has 12 aromatic carbocycles. The van der Waals surface area contributed by atoms with Crippen molar-refractivity contribution in [3.05, 3.63) is 297 Å². The largest absolute Gasteiger partial charge is 0.494 e. The van der Waals surface area contributed by atoms with E-state index in [1.165, 1.54) is 70.7 Å². The highest BCUT2D eigenvalue weighted by Crippen LogP contribution is 2.44. The second-order valence-electron chi connectivity index (χ2n) is 31.6. The second kappa shape index (κ2) is 27.3. The molecule has 0 amide bonds. The molecule has 10 nitrogen and oxygen atoms in total. The van der Waals surface area contributed by atoms with E-state index in [1.807, 2.05) is 18.2 Å². The second-order valence-corrected chi connectivity index (χ2v) is 32.6. The van der Waals surface area contributed by atoms with E-state index in [1.54, 1.807) is 11.3 Å². The normalized spacial score (nSPS) is 16.7. The smallest absolute Gasteiger partial charge is 0.399 e. The highest BCUT2D eigenvalue weighted by Gasteiger charge is 2.54. The molecule has 0 unspecified atom stereocenters. The van der Waals surface area contributed by atoms with Gasteiger partial charge in [0.2, 0.25) is 0 Å². The molecule has 0 saturated carbocycles. The average Bonchev–Trinajstić information content (AvgIpc) is 1.61. The summed E-state index contributed by atoms with van der Waals surface area (Å²) < 4.78 is 44.7. The van der Waals surface area contributed by atoms with Gasteiger partial charge in [-0.25, -0.2) is 9.97 Å². The van der Waals surface area contributed by atoms with Gasteiger partial charge in [-0.3, -0.25) is 0 Å². The van der Waals surface area contributed by atoms with Crippen LogP contribution in [0.1, 0.15) is 83.1 Å². The predicted octanol–water partition coefficient (Wildman–Crippen LogP) is 21.6. The van der Waals surface area contributed by atoms with Gasteiger partial charge >= 0.3 is 21.4 Å². The summed E-state index contributed by atoms with van der Waals surface area (Å²) in [5.74, 6) is 0.736. The zero-order valence-corrected chi connectivity index (χ0v) is 64.0.